The number of carbonyl (C=O) groups is 1. The van der Waals surface area contributed by atoms with Crippen LogP contribution in [-0.4, -0.2) is 6.29 Å². The molecule has 4 heteroatoms. The first-order valence-electron chi connectivity index (χ1n) is 6.94. The molecular formula is C19H12Cl2OS. The largest absolute Gasteiger partial charge is 0.297 e. The van der Waals surface area contributed by atoms with Crippen LogP contribution in [0.25, 0.3) is 11.6 Å². The van der Waals surface area contributed by atoms with Gasteiger partial charge in [0.05, 0.1) is 4.88 Å². The van der Waals surface area contributed by atoms with Gasteiger partial charge in [0, 0.05) is 14.9 Å². The third kappa shape index (κ3) is 3.91. The average molecular weight is 359 g/mol. The highest BCUT2D eigenvalue weighted by molar-refractivity contribution is 7.14. The van der Waals surface area contributed by atoms with Crippen molar-refractivity contribution in [1.29, 1.82) is 0 Å². The first-order chi connectivity index (χ1) is 11.2. The van der Waals surface area contributed by atoms with E-state index in [0.29, 0.717) is 14.9 Å². The van der Waals surface area contributed by atoms with Gasteiger partial charge in [-0.15, -0.1) is 11.3 Å². The van der Waals surface area contributed by atoms with Gasteiger partial charge < -0.3 is 0 Å². The highest BCUT2D eigenvalue weighted by Gasteiger charge is 2.07. The quantitative estimate of drug-likeness (QED) is 0.489. The Bertz CT molecular complexity index is 798. The molecule has 1 heterocycles. The molecule has 0 N–H and O–H groups in total. The van der Waals surface area contributed by atoms with E-state index >= 15 is 0 Å². The van der Waals surface area contributed by atoms with E-state index in [0.717, 1.165) is 27.9 Å². The molecule has 0 bridgehead atoms. The van der Waals surface area contributed by atoms with Gasteiger partial charge in [-0.05, 0) is 59.2 Å². The number of hydrogen-bond acceptors (Lipinski definition) is 2. The molecule has 0 saturated carbocycles. The van der Waals surface area contributed by atoms with Crippen molar-refractivity contribution in [2.45, 2.75) is 0 Å². The lowest BCUT2D eigenvalue weighted by atomic mass is 9.97. The van der Waals surface area contributed by atoms with E-state index < -0.39 is 0 Å². The molecule has 0 unspecified atom stereocenters. The SMILES string of the molecule is O=Cc1ccc(C=C(c2ccc(Cl)cc2)c2ccc(Cl)cc2)s1. The maximum absolute atomic E-state index is 10.9. The molecule has 0 spiro atoms. The van der Waals surface area contributed by atoms with Gasteiger partial charge in [0.25, 0.3) is 0 Å². The molecule has 0 fully saturated rings. The van der Waals surface area contributed by atoms with Crippen LogP contribution >= 0.6 is 34.5 Å². The molecule has 1 aromatic heterocycles. The molecule has 0 saturated heterocycles. The fourth-order valence-electron chi connectivity index (χ4n) is 2.24. The lowest BCUT2D eigenvalue weighted by Crippen LogP contribution is -1.87. The zero-order valence-corrected chi connectivity index (χ0v) is 14.3. The van der Waals surface area contributed by atoms with E-state index in [1.807, 2.05) is 60.7 Å². The molecule has 3 rings (SSSR count). The van der Waals surface area contributed by atoms with Crippen LogP contribution < -0.4 is 0 Å². The Morgan fingerprint density at radius 2 is 1.22 bits per heavy atom. The van der Waals surface area contributed by atoms with E-state index in [1.54, 1.807) is 0 Å². The Morgan fingerprint density at radius 1 is 0.739 bits per heavy atom. The summed E-state index contributed by atoms with van der Waals surface area (Å²) >= 11 is 13.4. The van der Waals surface area contributed by atoms with Crippen LogP contribution in [0.2, 0.25) is 10.0 Å². The Morgan fingerprint density at radius 3 is 1.65 bits per heavy atom. The number of halogens is 2. The zero-order valence-electron chi connectivity index (χ0n) is 12.0. The number of benzene rings is 2. The number of hydrogen-bond donors (Lipinski definition) is 0. The molecule has 0 atom stereocenters. The summed E-state index contributed by atoms with van der Waals surface area (Å²) in [7, 11) is 0. The third-order valence-corrected chi connectivity index (χ3v) is 4.82. The molecule has 0 radical (unpaired) electrons. The first-order valence-corrected chi connectivity index (χ1v) is 8.51. The van der Waals surface area contributed by atoms with Crippen LogP contribution in [0.3, 0.4) is 0 Å². The van der Waals surface area contributed by atoms with Crippen LogP contribution in [0.4, 0.5) is 0 Å². The second-order valence-corrected chi connectivity index (χ2v) is 6.95. The fraction of sp³-hybridized carbons (Fsp3) is 0. The topological polar surface area (TPSA) is 17.1 Å². The fourth-order valence-corrected chi connectivity index (χ4v) is 3.26. The summed E-state index contributed by atoms with van der Waals surface area (Å²) in [5.74, 6) is 0. The Balaban J connectivity index is 2.10. The summed E-state index contributed by atoms with van der Waals surface area (Å²) in [6, 6.07) is 19.2. The standard InChI is InChI=1S/C19H12Cl2OS/c20-15-5-1-13(2-6-15)19(14-3-7-16(21)8-4-14)11-17-9-10-18(12-22)23-17/h1-12H. The van der Waals surface area contributed by atoms with Gasteiger partial charge >= 0.3 is 0 Å². The van der Waals surface area contributed by atoms with E-state index in [2.05, 4.69) is 6.08 Å². The lowest BCUT2D eigenvalue weighted by Gasteiger charge is -2.09. The molecule has 23 heavy (non-hydrogen) atoms. The summed E-state index contributed by atoms with van der Waals surface area (Å²) in [6.07, 6.45) is 2.94. The molecular weight excluding hydrogens is 347 g/mol. The predicted octanol–water partition coefficient (Wildman–Crippen LogP) is 6.46. The van der Waals surface area contributed by atoms with Crippen LogP contribution in [0.5, 0.6) is 0 Å². The number of carbonyl (C=O) groups excluding carboxylic acids is 1. The van der Waals surface area contributed by atoms with Crippen LogP contribution in [-0.2, 0) is 0 Å². The van der Waals surface area contributed by atoms with Gasteiger partial charge in [-0.3, -0.25) is 4.79 Å². The van der Waals surface area contributed by atoms with Gasteiger partial charge in [0.2, 0.25) is 0 Å². The van der Waals surface area contributed by atoms with Gasteiger partial charge in [-0.2, -0.15) is 0 Å². The van der Waals surface area contributed by atoms with E-state index in [-0.39, 0.29) is 0 Å². The van der Waals surface area contributed by atoms with Crippen molar-refractivity contribution in [1.82, 2.24) is 0 Å². The van der Waals surface area contributed by atoms with Crippen molar-refractivity contribution in [3.63, 3.8) is 0 Å². The Kier molecular flexibility index (Phi) is 4.97. The van der Waals surface area contributed by atoms with Crippen molar-refractivity contribution in [2.75, 3.05) is 0 Å². The predicted molar refractivity (Wildman–Crippen MR) is 99.6 cm³/mol. The van der Waals surface area contributed by atoms with Gasteiger partial charge in [0.15, 0.2) is 6.29 Å². The maximum Gasteiger partial charge on any atom is 0.160 e. The summed E-state index contributed by atoms with van der Waals surface area (Å²) in [4.78, 5) is 12.6. The smallest absolute Gasteiger partial charge is 0.160 e. The maximum atomic E-state index is 10.9. The van der Waals surface area contributed by atoms with Gasteiger partial charge in [-0.1, -0.05) is 47.5 Å². The summed E-state index contributed by atoms with van der Waals surface area (Å²) in [6.45, 7) is 0. The van der Waals surface area contributed by atoms with Crippen LogP contribution in [0.15, 0.2) is 60.7 Å². The highest BCUT2D eigenvalue weighted by Crippen LogP contribution is 2.30. The third-order valence-electron chi connectivity index (χ3n) is 3.36. The van der Waals surface area contributed by atoms with E-state index in [9.17, 15) is 4.79 Å². The Labute approximate surface area is 148 Å². The number of aldehydes is 1. The van der Waals surface area contributed by atoms with Crippen molar-refractivity contribution in [3.05, 3.63) is 91.6 Å². The minimum Gasteiger partial charge on any atom is -0.297 e. The lowest BCUT2D eigenvalue weighted by molar-refractivity contribution is 0.112. The summed E-state index contributed by atoms with van der Waals surface area (Å²) < 4.78 is 0. The molecule has 3 aromatic rings. The molecule has 2 aromatic carbocycles. The van der Waals surface area contributed by atoms with E-state index in [1.165, 1.54) is 11.3 Å². The second kappa shape index (κ2) is 7.14. The number of rotatable bonds is 4. The summed E-state index contributed by atoms with van der Waals surface area (Å²) in [5.41, 5.74) is 3.16. The van der Waals surface area contributed by atoms with Gasteiger partial charge in [0.1, 0.15) is 0 Å². The number of thiophene rings is 1. The minimum absolute atomic E-state index is 0.698. The van der Waals surface area contributed by atoms with Crippen LogP contribution in [0.1, 0.15) is 25.7 Å². The summed E-state index contributed by atoms with van der Waals surface area (Å²) in [5, 5.41) is 1.40. The van der Waals surface area contributed by atoms with Crippen molar-refractivity contribution >= 4 is 52.5 Å². The average Bonchev–Trinajstić information content (AvgIpc) is 3.02. The zero-order chi connectivity index (χ0) is 16.2. The van der Waals surface area contributed by atoms with Crippen molar-refractivity contribution < 1.29 is 4.79 Å². The van der Waals surface area contributed by atoms with Crippen molar-refractivity contribution in [2.24, 2.45) is 0 Å². The molecule has 0 aliphatic rings. The van der Waals surface area contributed by atoms with E-state index in [4.69, 9.17) is 23.2 Å². The van der Waals surface area contributed by atoms with Crippen molar-refractivity contribution in [3.8, 4) is 0 Å². The van der Waals surface area contributed by atoms with Crippen LogP contribution in [0, 0.1) is 0 Å². The second-order valence-electron chi connectivity index (χ2n) is 4.93. The molecule has 0 aliphatic heterocycles. The molecule has 0 amide bonds. The molecule has 114 valence electrons. The normalized spacial score (nSPS) is 10.3. The monoisotopic (exact) mass is 358 g/mol. The van der Waals surface area contributed by atoms with Gasteiger partial charge in [-0.25, -0.2) is 0 Å². The highest BCUT2D eigenvalue weighted by atomic mass is 35.5. The molecule has 0 aliphatic carbocycles. The molecule has 1 nitrogen and oxygen atoms in total. The first kappa shape index (κ1) is 16.0. The minimum atomic E-state index is 0.698. The Hall–Kier alpha value is -1.87.